The number of hydrogen-bond donors (Lipinski definition) is 1. The van der Waals surface area contributed by atoms with Crippen molar-refractivity contribution in [2.45, 2.75) is 11.4 Å². The van der Waals surface area contributed by atoms with Crippen molar-refractivity contribution >= 4 is 39.0 Å². The second kappa shape index (κ2) is 9.09. The zero-order valence-corrected chi connectivity index (χ0v) is 17.9. The van der Waals surface area contributed by atoms with Crippen LogP contribution in [-0.4, -0.2) is 56.0 Å². The minimum absolute atomic E-state index is 0.252. The fourth-order valence-electron chi connectivity index (χ4n) is 3.02. The molecule has 0 aromatic heterocycles. The average Bonchev–Trinajstić information content (AvgIpc) is 2.72. The summed E-state index contributed by atoms with van der Waals surface area (Å²) < 4.78 is 32.3. The third-order valence-corrected chi connectivity index (χ3v) is 7.17. The van der Waals surface area contributed by atoms with Crippen LogP contribution in [0.1, 0.15) is 5.56 Å². The maximum absolute atomic E-state index is 12.8. The third kappa shape index (κ3) is 4.75. The van der Waals surface area contributed by atoms with Gasteiger partial charge in [0.15, 0.2) is 5.11 Å². The molecule has 0 amide bonds. The van der Waals surface area contributed by atoms with E-state index >= 15 is 0 Å². The third-order valence-electron chi connectivity index (χ3n) is 4.60. The van der Waals surface area contributed by atoms with Crippen molar-refractivity contribution < 1.29 is 13.2 Å². The van der Waals surface area contributed by atoms with Gasteiger partial charge in [-0.25, -0.2) is 8.42 Å². The number of nitrogens with one attached hydrogen (secondary N) is 1. The Kier molecular flexibility index (Phi) is 6.77. The molecule has 0 atom stereocenters. The molecular weight excluding hydrogens is 418 g/mol. The Labute approximate surface area is 176 Å². The lowest BCUT2D eigenvalue weighted by molar-refractivity contribution is 0.264. The maximum atomic E-state index is 12.8. The predicted octanol–water partition coefficient (Wildman–Crippen LogP) is 2.73. The number of sulfonamides is 1. The zero-order chi connectivity index (χ0) is 20.1. The summed E-state index contributed by atoms with van der Waals surface area (Å²) in [6.45, 7) is 2.37. The molecule has 1 saturated heterocycles. The van der Waals surface area contributed by atoms with E-state index in [1.807, 2.05) is 29.2 Å². The molecule has 2 aromatic rings. The molecule has 0 saturated carbocycles. The number of piperazine rings is 1. The molecule has 1 heterocycles. The normalized spacial score (nSPS) is 15.3. The largest absolute Gasteiger partial charge is 0.496 e. The summed E-state index contributed by atoms with van der Waals surface area (Å²) in [5.74, 6) is 0.802. The van der Waals surface area contributed by atoms with Gasteiger partial charge >= 0.3 is 0 Å². The molecule has 1 N–H and O–H groups in total. The summed E-state index contributed by atoms with van der Waals surface area (Å²) >= 11 is 11.3. The fraction of sp³-hybridized carbons (Fsp3) is 0.316. The van der Waals surface area contributed by atoms with Crippen LogP contribution in [0, 0.1) is 0 Å². The van der Waals surface area contributed by atoms with Crippen LogP contribution in [0.3, 0.4) is 0 Å². The quantitative estimate of drug-likeness (QED) is 0.723. The first-order valence-electron chi connectivity index (χ1n) is 8.82. The lowest BCUT2D eigenvalue weighted by Gasteiger charge is -2.35. The van der Waals surface area contributed by atoms with E-state index in [4.69, 9.17) is 28.6 Å². The summed E-state index contributed by atoms with van der Waals surface area (Å²) in [5.41, 5.74) is 1.01. The zero-order valence-electron chi connectivity index (χ0n) is 15.5. The van der Waals surface area contributed by atoms with Gasteiger partial charge in [0.05, 0.1) is 12.0 Å². The molecule has 0 bridgehead atoms. The molecule has 6 nitrogen and oxygen atoms in total. The second-order valence-electron chi connectivity index (χ2n) is 6.32. The molecule has 28 heavy (non-hydrogen) atoms. The molecule has 0 spiro atoms. The van der Waals surface area contributed by atoms with E-state index in [9.17, 15) is 8.42 Å². The molecule has 9 heteroatoms. The molecule has 0 radical (unpaired) electrons. The fourth-order valence-corrected chi connectivity index (χ4v) is 4.82. The van der Waals surface area contributed by atoms with Crippen molar-refractivity contribution in [2.24, 2.45) is 0 Å². The van der Waals surface area contributed by atoms with Gasteiger partial charge in [0, 0.05) is 43.3 Å². The Hall–Kier alpha value is -1.87. The van der Waals surface area contributed by atoms with Gasteiger partial charge in [0.2, 0.25) is 10.0 Å². The molecule has 1 aliphatic rings. The Balaban J connectivity index is 1.56. The number of halogens is 1. The summed E-state index contributed by atoms with van der Waals surface area (Å²) in [5, 5.41) is 4.35. The molecule has 3 rings (SSSR count). The van der Waals surface area contributed by atoms with Gasteiger partial charge in [0.25, 0.3) is 0 Å². The van der Waals surface area contributed by atoms with E-state index in [0.717, 1.165) is 11.3 Å². The Morgan fingerprint density at radius 3 is 2.39 bits per heavy atom. The van der Waals surface area contributed by atoms with Crippen LogP contribution < -0.4 is 10.1 Å². The Bertz CT molecular complexity index is 928. The smallest absolute Gasteiger partial charge is 0.243 e. The number of thiocarbonyl (C=S) groups is 1. The van der Waals surface area contributed by atoms with Crippen molar-refractivity contribution in [1.29, 1.82) is 0 Å². The highest BCUT2D eigenvalue weighted by Crippen LogP contribution is 2.20. The summed E-state index contributed by atoms with van der Waals surface area (Å²) in [6.07, 6.45) is 0. The SMILES string of the molecule is COc1ccccc1CNC(=S)N1CCN(S(=O)(=O)c2ccc(Cl)cc2)CC1. The Morgan fingerprint density at radius 2 is 1.75 bits per heavy atom. The first-order valence-corrected chi connectivity index (χ1v) is 11.0. The van der Waals surface area contributed by atoms with Gasteiger partial charge < -0.3 is 15.0 Å². The highest BCUT2D eigenvalue weighted by atomic mass is 35.5. The van der Waals surface area contributed by atoms with E-state index in [-0.39, 0.29) is 4.90 Å². The van der Waals surface area contributed by atoms with Crippen LogP contribution in [0.25, 0.3) is 0 Å². The summed E-state index contributed by atoms with van der Waals surface area (Å²) in [7, 11) is -1.89. The minimum atomic E-state index is -3.52. The van der Waals surface area contributed by atoms with Crippen molar-refractivity contribution in [1.82, 2.24) is 14.5 Å². The average molecular weight is 440 g/mol. The van der Waals surface area contributed by atoms with Crippen LogP contribution in [0.5, 0.6) is 5.75 Å². The molecule has 2 aromatic carbocycles. The van der Waals surface area contributed by atoms with E-state index in [0.29, 0.717) is 42.9 Å². The van der Waals surface area contributed by atoms with Gasteiger partial charge in [-0.2, -0.15) is 4.31 Å². The number of benzene rings is 2. The van der Waals surface area contributed by atoms with Crippen molar-refractivity contribution in [3.8, 4) is 5.75 Å². The molecule has 0 aliphatic carbocycles. The van der Waals surface area contributed by atoms with Crippen molar-refractivity contribution in [3.05, 3.63) is 59.1 Å². The van der Waals surface area contributed by atoms with E-state index in [1.54, 1.807) is 19.2 Å². The standard InChI is InChI=1S/C19H22ClN3O3S2/c1-26-18-5-3-2-4-15(18)14-21-19(27)22-10-12-23(13-11-22)28(24,25)17-8-6-16(20)7-9-17/h2-9H,10-14H2,1H3,(H,21,27). The molecule has 0 unspecified atom stereocenters. The predicted molar refractivity (Wildman–Crippen MR) is 114 cm³/mol. The molecule has 1 aliphatic heterocycles. The highest BCUT2D eigenvalue weighted by Gasteiger charge is 2.29. The van der Waals surface area contributed by atoms with Crippen LogP contribution in [0.15, 0.2) is 53.4 Å². The van der Waals surface area contributed by atoms with Gasteiger partial charge in [-0.05, 0) is 42.5 Å². The van der Waals surface area contributed by atoms with Crippen LogP contribution >= 0.6 is 23.8 Å². The van der Waals surface area contributed by atoms with Crippen molar-refractivity contribution in [3.63, 3.8) is 0 Å². The maximum Gasteiger partial charge on any atom is 0.243 e. The van der Waals surface area contributed by atoms with E-state index in [1.165, 1.54) is 16.4 Å². The molecular formula is C19H22ClN3O3S2. The number of methoxy groups -OCH3 is 1. The van der Waals surface area contributed by atoms with E-state index in [2.05, 4.69) is 5.32 Å². The second-order valence-corrected chi connectivity index (χ2v) is 9.08. The van der Waals surface area contributed by atoms with Gasteiger partial charge in [-0.15, -0.1) is 0 Å². The first kappa shape index (κ1) is 20.9. The number of ether oxygens (including phenoxy) is 1. The van der Waals surface area contributed by atoms with E-state index < -0.39 is 10.0 Å². The van der Waals surface area contributed by atoms with Crippen LogP contribution in [0.4, 0.5) is 0 Å². The number of para-hydroxylation sites is 1. The lowest BCUT2D eigenvalue weighted by Crippen LogP contribution is -2.52. The minimum Gasteiger partial charge on any atom is -0.496 e. The number of hydrogen-bond acceptors (Lipinski definition) is 4. The number of rotatable bonds is 5. The van der Waals surface area contributed by atoms with Gasteiger partial charge in [-0.1, -0.05) is 29.8 Å². The summed E-state index contributed by atoms with van der Waals surface area (Å²) in [4.78, 5) is 2.24. The van der Waals surface area contributed by atoms with Crippen LogP contribution in [-0.2, 0) is 16.6 Å². The van der Waals surface area contributed by atoms with Gasteiger partial charge in [0.1, 0.15) is 5.75 Å². The molecule has 150 valence electrons. The highest BCUT2D eigenvalue weighted by molar-refractivity contribution is 7.89. The topological polar surface area (TPSA) is 61.9 Å². The van der Waals surface area contributed by atoms with Crippen molar-refractivity contribution in [2.75, 3.05) is 33.3 Å². The monoisotopic (exact) mass is 439 g/mol. The first-order chi connectivity index (χ1) is 13.4. The number of nitrogens with zero attached hydrogens (tertiary/aromatic N) is 2. The van der Waals surface area contributed by atoms with Crippen LogP contribution in [0.2, 0.25) is 5.02 Å². The lowest BCUT2D eigenvalue weighted by atomic mass is 10.2. The molecule has 1 fully saturated rings. The Morgan fingerprint density at radius 1 is 1.11 bits per heavy atom. The summed E-state index contributed by atoms with van der Waals surface area (Å²) in [6, 6.07) is 14.0. The van der Waals surface area contributed by atoms with Gasteiger partial charge in [-0.3, -0.25) is 0 Å².